The summed E-state index contributed by atoms with van der Waals surface area (Å²) in [5.74, 6) is -0.295. The number of unbranched alkanes of at least 4 members (excludes halogenated alkanes) is 1. The van der Waals surface area contributed by atoms with Gasteiger partial charge in [-0.05, 0) is 37.8 Å². The summed E-state index contributed by atoms with van der Waals surface area (Å²) in [6, 6.07) is 8.03. The Morgan fingerprint density at radius 1 is 1.21 bits per heavy atom. The van der Waals surface area contributed by atoms with E-state index in [0.717, 1.165) is 47.8 Å². The van der Waals surface area contributed by atoms with Gasteiger partial charge in [-0.2, -0.15) is 0 Å². The van der Waals surface area contributed by atoms with Crippen LogP contribution in [-0.4, -0.2) is 34.9 Å². The summed E-state index contributed by atoms with van der Waals surface area (Å²) in [5, 5.41) is 1.10. The van der Waals surface area contributed by atoms with Crippen LogP contribution in [0.25, 0.3) is 16.5 Å². The molecule has 0 spiro atoms. The molecule has 1 aliphatic rings. The summed E-state index contributed by atoms with van der Waals surface area (Å²) < 4.78 is 5.30. The van der Waals surface area contributed by atoms with Crippen LogP contribution in [0.5, 0.6) is 0 Å². The molecule has 0 saturated carbocycles. The molecule has 5 nitrogen and oxygen atoms in total. The lowest BCUT2D eigenvalue weighted by Gasteiger charge is -2.23. The number of hydrogen-bond acceptors (Lipinski definition) is 3. The second kappa shape index (κ2) is 9.09. The monoisotopic (exact) mass is 382 g/mol. The van der Waals surface area contributed by atoms with Crippen LogP contribution in [0.1, 0.15) is 57.7 Å². The maximum absolute atomic E-state index is 13.2. The molecule has 1 atom stereocenters. The van der Waals surface area contributed by atoms with Crippen molar-refractivity contribution in [2.45, 2.75) is 52.9 Å². The maximum Gasteiger partial charge on any atom is 0.341 e. The number of esters is 1. The van der Waals surface area contributed by atoms with Crippen molar-refractivity contribution < 1.29 is 14.3 Å². The van der Waals surface area contributed by atoms with Gasteiger partial charge in [0.2, 0.25) is 5.91 Å². The van der Waals surface area contributed by atoms with E-state index in [-0.39, 0.29) is 11.8 Å². The second-order valence-electron chi connectivity index (χ2n) is 7.32. The lowest BCUT2D eigenvalue weighted by atomic mass is 9.97. The number of carbonyl (C=O) groups excluding carboxylic acids is 2. The first-order chi connectivity index (χ1) is 13.6. The number of fused-ring (bicyclic) bond motifs is 3. The first kappa shape index (κ1) is 20.2. The number of nitrogens with one attached hydrogen (secondary N) is 1. The Bertz CT molecular complexity index is 881. The number of ether oxygens (including phenoxy) is 1. The maximum atomic E-state index is 13.2. The van der Waals surface area contributed by atoms with Crippen molar-refractivity contribution in [3.63, 3.8) is 0 Å². The number of amides is 1. The van der Waals surface area contributed by atoms with Gasteiger partial charge in [0.15, 0.2) is 0 Å². The minimum absolute atomic E-state index is 0.00664. The van der Waals surface area contributed by atoms with E-state index in [2.05, 4.69) is 24.9 Å². The molecule has 0 fully saturated rings. The molecule has 0 radical (unpaired) electrons. The van der Waals surface area contributed by atoms with E-state index < -0.39 is 5.97 Å². The highest BCUT2D eigenvalue weighted by molar-refractivity contribution is 6.18. The van der Waals surface area contributed by atoms with Gasteiger partial charge < -0.3 is 14.6 Å². The van der Waals surface area contributed by atoms with Crippen molar-refractivity contribution in [1.82, 2.24) is 9.88 Å². The Hall–Kier alpha value is -2.56. The highest BCUT2D eigenvalue weighted by atomic mass is 16.5. The Morgan fingerprint density at radius 3 is 2.71 bits per heavy atom. The van der Waals surface area contributed by atoms with E-state index >= 15 is 0 Å². The number of nitrogens with zero attached hydrogens (tertiary/aromatic N) is 1. The lowest BCUT2D eigenvalue weighted by Crippen LogP contribution is -2.33. The molecule has 1 aliphatic heterocycles. The highest BCUT2D eigenvalue weighted by Gasteiger charge is 2.29. The molecule has 1 N–H and O–H groups in total. The van der Waals surface area contributed by atoms with Crippen molar-refractivity contribution in [2.75, 3.05) is 13.2 Å². The summed E-state index contributed by atoms with van der Waals surface area (Å²) in [6.45, 7) is 6.86. The molecule has 0 bridgehead atoms. The molecule has 5 heteroatoms. The van der Waals surface area contributed by atoms with Gasteiger partial charge in [-0.25, -0.2) is 4.79 Å². The van der Waals surface area contributed by atoms with Crippen LogP contribution < -0.4 is 0 Å². The predicted molar refractivity (Wildman–Crippen MR) is 112 cm³/mol. The third kappa shape index (κ3) is 3.98. The standard InChI is InChI=1S/C23H30N2O3/c1-4-7-10-16(5-2)22(26)25-14-13-18-17-11-8-9-12-20(17)24-21(18)19(15-25)23(27)28-6-3/h8-9,11-12,15-16,24H,4-7,10,13-14H2,1-3H3. The first-order valence-corrected chi connectivity index (χ1v) is 10.4. The summed E-state index contributed by atoms with van der Waals surface area (Å²) in [7, 11) is 0. The Balaban J connectivity index is 2.00. The zero-order valence-corrected chi connectivity index (χ0v) is 17.1. The molecule has 1 unspecified atom stereocenters. The third-order valence-corrected chi connectivity index (χ3v) is 5.50. The minimum atomic E-state index is -0.392. The van der Waals surface area contributed by atoms with Gasteiger partial charge in [-0.15, -0.1) is 0 Å². The predicted octanol–water partition coefficient (Wildman–Crippen LogP) is 4.67. The average Bonchev–Trinajstić information content (AvgIpc) is 2.96. The van der Waals surface area contributed by atoms with Gasteiger partial charge in [0.25, 0.3) is 0 Å². The van der Waals surface area contributed by atoms with Gasteiger partial charge in [-0.3, -0.25) is 4.79 Å². The average molecular weight is 383 g/mol. The topological polar surface area (TPSA) is 62.4 Å². The molecule has 1 amide bonds. The molecular weight excluding hydrogens is 352 g/mol. The van der Waals surface area contributed by atoms with Gasteiger partial charge in [0, 0.05) is 29.6 Å². The van der Waals surface area contributed by atoms with Crippen molar-refractivity contribution in [3.8, 4) is 0 Å². The number of H-pyrrole nitrogens is 1. The first-order valence-electron chi connectivity index (χ1n) is 10.4. The fraction of sp³-hybridized carbons (Fsp3) is 0.478. The molecule has 28 heavy (non-hydrogen) atoms. The van der Waals surface area contributed by atoms with E-state index in [1.165, 1.54) is 0 Å². The van der Waals surface area contributed by atoms with Crippen LogP contribution in [0.3, 0.4) is 0 Å². The number of carbonyl (C=O) groups is 2. The van der Waals surface area contributed by atoms with E-state index in [0.29, 0.717) is 25.1 Å². The van der Waals surface area contributed by atoms with Crippen LogP contribution in [0.4, 0.5) is 0 Å². The van der Waals surface area contributed by atoms with E-state index in [4.69, 9.17) is 4.74 Å². The second-order valence-corrected chi connectivity index (χ2v) is 7.32. The van der Waals surface area contributed by atoms with Crippen LogP contribution in [0, 0.1) is 5.92 Å². The Labute approximate surface area is 166 Å². The van der Waals surface area contributed by atoms with Gasteiger partial charge >= 0.3 is 5.97 Å². The fourth-order valence-electron chi connectivity index (χ4n) is 3.93. The van der Waals surface area contributed by atoms with Gasteiger partial charge in [0.05, 0.1) is 17.9 Å². The van der Waals surface area contributed by atoms with Crippen molar-refractivity contribution in [1.29, 1.82) is 0 Å². The zero-order chi connectivity index (χ0) is 20.1. The van der Waals surface area contributed by atoms with Crippen molar-refractivity contribution >= 4 is 28.4 Å². The number of rotatable bonds is 7. The molecule has 3 rings (SSSR count). The van der Waals surface area contributed by atoms with Crippen LogP contribution >= 0.6 is 0 Å². The quantitative estimate of drug-likeness (QED) is 0.708. The number of para-hydroxylation sites is 1. The minimum Gasteiger partial charge on any atom is -0.462 e. The molecule has 0 saturated heterocycles. The Kier molecular flexibility index (Phi) is 6.55. The number of aromatic amines is 1. The third-order valence-electron chi connectivity index (χ3n) is 5.50. The zero-order valence-electron chi connectivity index (χ0n) is 17.1. The molecule has 1 aromatic carbocycles. The number of aromatic nitrogens is 1. The molecule has 2 heterocycles. The largest absolute Gasteiger partial charge is 0.462 e. The number of benzene rings is 1. The molecule has 2 aromatic rings. The summed E-state index contributed by atoms with van der Waals surface area (Å²) in [4.78, 5) is 31.0. The lowest BCUT2D eigenvalue weighted by molar-refractivity contribution is -0.136. The normalized spacial score (nSPS) is 15.0. The van der Waals surface area contributed by atoms with Gasteiger partial charge in [-0.1, -0.05) is 44.9 Å². The fourth-order valence-corrected chi connectivity index (χ4v) is 3.93. The van der Waals surface area contributed by atoms with Crippen molar-refractivity contribution in [3.05, 3.63) is 41.7 Å². The summed E-state index contributed by atoms with van der Waals surface area (Å²) >= 11 is 0. The molecule has 150 valence electrons. The van der Waals surface area contributed by atoms with Crippen molar-refractivity contribution in [2.24, 2.45) is 5.92 Å². The summed E-state index contributed by atoms with van der Waals surface area (Å²) in [6.07, 6.45) is 6.22. The number of hydrogen-bond donors (Lipinski definition) is 1. The van der Waals surface area contributed by atoms with E-state index in [1.54, 1.807) is 18.0 Å². The summed E-state index contributed by atoms with van der Waals surface area (Å²) in [5.41, 5.74) is 3.28. The Morgan fingerprint density at radius 2 is 2.00 bits per heavy atom. The van der Waals surface area contributed by atoms with Crippen LogP contribution in [-0.2, 0) is 20.7 Å². The molecule has 1 aromatic heterocycles. The van der Waals surface area contributed by atoms with Gasteiger partial charge in [0.1, 0.15) is 0 Å². The van der Waals surface area contributed by atoms with E-state index in [9.17, 15) is 9.59 Å². The van der Waals surface area contributed by atoms with Crippen LogP contribution in [0.15, 0.2) is 30.5 Å². The molecule has 0 aliphatic carbocycles. The van der Waals surface area contributed by atoms with E-state index in [1.807, 2.05) is 18.2 Å². The molecular formula is C23H30N2O3. The SMILES string of the molecule is CCCCC(CC)C(=O)N1C=C(C(=O)OCC)c2[nH]c3ccccc3c2CC1. The highest BCUT2D eigenvalue weighted by Crippen LogP contribution is 2.32. The smallest absolute Gasteiger partial charge is 0.341 e. The van der Waals surface area contributed by atoms with Crippen LogP contribution in [0.2, 0.25) is 0 Å².